The van der Waals surface area contributed by atoms with Crippen LogP contribution in [-0.4, -0.2) is 11.6 Å². The van der Waals surface area contributed by atoms with Crippen LogP contribution in [0.25, 0.3) is 0 Å². The highest BCUT2D eigenvalue weighted by Crippen LogP contribution is 2.23. The van der Waals surface area contributed by atoms with Crippen LogP contribution in [-0.2, 0) is 6.42 Å². The van der Waals surface area contributed by atoms with E-state index in [1.165, 1.54) is 5.56 Å². The zero-order chi connectivity index (χ0) is 12.8. The van der Waals surface area contributed by atoms with Crippen molar-refractivity contribution in [3.05, 3.63) is 59.9 Å². The molecule has 1 unspecified atom stereocenters. The molecule has 1 aromatic heterocycles. The molecule has 1 atom stereocenters. The van der Waals surface area contributed by atoms with E-state index in [2.05, 4.69) is 4.98 Å². The van der Waals surface area contributed by atoms with Crippen molar-refractivity contribution in [1.29, 1.82) is 0 Å². The molecule has 0 saturated heterocycles. The monoisotopic (exact) mass is 242 g/mol. The van der Waals surface area contributed by atoms with Gasteiger partial charge in [0.05, 0.1) is 6.61 Å². The fourth-order valence-corrected chi connectivity index (χ4v) is 1.81. The van der Waals surface area contributed by atoms with Crippen molar-refractivity contribution < 1.29 is 4.74 Å². The molecule has 0 aliphatic rings. The van der Waals surface area contributed by atoms with E-state index in [0.717, 1.165) is 17.7 Å². The summed E-state index contributed by atoms with van der Waals surface area (Å²) >= 11 is 0. The van der Waals surface area contributed by atoms with E-state index in [1.54, 1.807) is 6.20 Å². The Kier molecular flexibility index (Phi) is 4.31. The normalized spacial score (nSPS) is 12.1. The maximum Gasteiger partial charge on any atom is 0.124 e. The van der Waals surface area contributed by atoms with Crippen LogP contribution in [0.2, 0.25) is 0 Å². The fourth-order valence-electron chi connectivity index (χ4n) is 1.81. The van der Waals surface area contributed by atoms with Crippen molar-refractivity contribution in [2.24, 2.45) is 5.73 Å². The maximum atomic E-state index is 5.91. The second-order valence-corrected chi connectivity index (χ2v) is 4.29. The minimum absolute atomic E-state index is 0.0143. The number of nitrogens with two attached hydrogens (primary N) is 1. The van der Waals surface area contributed by atoms with Gasteiger partial charge in [0.15, 0.2) is 0 Å². The Hall–Kier alpha value is -1.87. The Morgan fingerprint density at radius 1 is 1.22 bits per heavy atom. The molecule has 94 valence electrons. The Morgan fingerprint density at radius 2 is 2.06 bits per heavy atom. The van der Waals surface area contributed by atoms with Crippen LogP contribution in [0.1, 0.15) is 24.1 Å². The molecular formula is C15H18N2O. The summed E-state index contributed by atoms with van der Waals surface area (Å²) in [6.45, 7) is 2.60. The molecular weight excluding hydrogens is 224 g/mol. The molecule has 0 saturated carbocycles. The Bertz CT molecular complexity index is 483. The molecule has 3 heteroatoms. The second kappa shape index (κ2) is 6.17. The highest BCUT2D eigenvalue weighted by molar-refractivity contribution is 5.35. The van der Waals surface area contributed by atoms with Crippen molar-refractivity contribution >= 4 is 0 Å². The SMILES string of the molecule is CC(N)c1ccccc1OCCc1cccnc1. The molecule has 2 rings (SSSR count). The van der Waals surface area contributed by atoms with E-state index >= 15 is 0 Å². The maximum absolute atomic E-state index is 5.91. The molecule has 0 bridgehead atoms. The summed E-state index contributed by atoms with van der Waals surface area (Å²) in [6, 6.07) is 11.9. The smallest absolute Gasteiger partial charge is 0.124 e. The van der Waals surface area contributed by atoms with Crippen LogP contribution in [0.4, 0.5) is 0 Å². The van der Waals surface area contributed by atoms with Crippen LogP contribution in [0.3, 0.4) is 0 Å². The van der Waals surface area contributed by atoms with E-state index in [4.69, 9.17) is 10.5 Å². The second-order valence-electron chi connectivity index (χ2n) is 4.29. The molecule has 2 aromatic rings. The summed E-state index contributed by atoms with van der Waals surface area (Å²) in [7, 11) is 0. The Labute approximate surface area is 108 Å². The first-order valence-electron chi connectivity index (χ1n) is 6.13. The number of aromatic nitrogens is 1. The standard InChI is InChI=1S/C15H18N2O/c1-12(16)14-6-2-3-7-15(14)18-10-8-13-5-4-9-17-11-13/h2-7,9,11-12H,8,10,16H2,1H3. The summed E-state index contributed by atoms with van der Waals surface area (Å²) in [4.78, 5) is 4.08. The van der Waals surface area contributed by atoms with Gasteiger partial charge in [0.25, 0.3) is 0 Å². The van der Waals surface area contributed by atoms with Gasteiger partial charge in [-0.15, -0.1) is 0 Å². The number of benzene rings is 1. The molecule has 1 aromatic carbocycles. The van der Waals surface area contributed by atoms with Gasteiger partial charge in [0, 0.05) is 30.4 Å². The molecule has 0 aliphatic carbocycles. The van der Waals surface area contributed by atoms with E-state index < -0.39 is 0 Å². The highest BCUT2D eigenvalue weighted by atomic mass is 16.5. The predicted molar refractivity (Wildman–Crippen MR) is 72.5 cm³/mol. The van der Waals surface area contributed by atoms with Gasteiger partial charge in [-0.05, 0) is 24.6 Å². The zero-order valence-electron chi connectivity index (χ0n) is 10.5. The van der Waals surface area contributed by atoms with Crippen molar-refractivity contribution in [3.63, 3.8) is 0 Å². The molecule has 2 N–H and O–H groups in total. The summed E-state index contributed by atoms with van der Waals surface area (Å²) < 4.78 is 5.79. The van der Waals surface area contributed by atoms with E-state index in [0.29, 0.717) is 6.61 Å². The number of hydrogen-bond donors (Lipinski definition) is 1. The lowest BCUT2D eigenvalue weighted by atomic mass is 10.1. The topological polar surface area (TPSA) is 48.1 Å². The average Bonchev–Trinajstić information content (AvgIpc) is 2.40. The number of hydrogen-bond acceptors (Lipinski definition) is 3. The van der Waals surface area contributed by atoms with E-state index in [9.17, 15) is 0 Å². The van der Waals surface area contributed by atoms with Gasteiger partial charge in [0.2, 0.25) is 0 Å². The van der Waals surface area contributed by atoms with Crippen molar-refractivity contribution in [2.75, 3.05) is 6.61 Å². The summed E-state index contributed by atoms with van der Waals surface area (Å²) in [6.07, 6.45) is 4.48. The molecule has 1 heterocycles. The predicted octanol–water partition coefficient (Wildman–Crippen LogP) is 2.72. The summed E-state index contributed by atoms with van der Waals surface area (Å²) in [5.41, 5.74) is 8.13. The highest BCUT2D eigenvalue weighted by Gasteiger charge is 2.06. The third-order valence-corrected chi connectivity index (χ3v) is 2.78. The third kappa shape index (κ3) is 3.31. The lowest BCUT2D eigenvalue weighted by Crippen LogP contribution is -2.09. The lowest BCUT2D eigenvalue weighted by molar-refractivity contribution is 0.317. The van der Waals surface area contributed by atoms with Gasteiger partial charge >= 0.3 is 0 Å². The zero-order valence-corrected chi connectivity index (χ0v) is 10.5. The molecule has 0 radical (unpaired) electrons. The molecule has 0 amide bonds. The number of para-hydroxylation sites is 1. The largest absolute Gasteiger partial charge is 0.493 e. The first kappa shape index (κ1) is 12.6. The Morgan fingerprint density at radius 3 is 2.78 bits per heavy atom. The van der Waals surface area contributed by atoms with Gasteiger partial charge in [-0.2, -0.15) is 0 Å². The number of rotatable bonds is 5. The first-order valence-corrected chi connectivity index (χ1v) is 6.13. The van der Waals surface area contributed by atoms with Gasteiger partial charge < -0.3 is 10.5 Å². The number of nitrogens with zero attached hydrogens (tertiary/aromatic N) is 1. The van der Waals surface area contributed by atoms with Crippen LogP contribution in [0.5, 0.6) is 5.75 Å². The lowest BCUT2D eigenvalue weighted by Gasteiger charge is -2.13. The van der Waals surface area contributed by atoms with Crippen molar-refractivity contribution in [3.8, 4) is 5.75 Å². The summed E-state index contributed by atoms with van der Waals surface area (Å²) in [5.74, 6) is 0.872. The Balaban J connectivity index is 1.94. The molecule has 0 spiro atoms. The van der Waals surface area contributed by atoms with Crippen LogP contribution < -0.4 is 10.5 Å². The first-order chi connectivity index (χ1) is 8.77. The van der Waals surface area contributed by atoms with E-state index in [1.807, 2.05) is 49.5 Å². The van der Waals surface area contributed by atoms with Crippen LogP contribution >= 0.6 is 0 Å². The van der Waals surface area contributed by atoms with Gasteiger partial charge in [-0.1, -0.05) is 24.3 Å². The number of ether oxygens (including phenoxy) is 1. The van der Waals surface area contributed by atoms with E-state index in [-0.39, 0.29) is 6.04 Å². The third-order valence-electron chi connectivity index (χ3n) is 2.78. The molecule has 0 aliphatic heterocycles. The average molecular weight is 242 g/mol. The van der Waals surface area contributed by atoms with Crippen LogP contribution in [0.15, 0.2) is 48.8 Å². The van der Waals surface area contributed by atoms with Crippen LogP contribution in [0, 0.1) is 0 Å². The van der Waals surface area contributed by atoms with Gasteiger partial charge in [-0.25, -0.2) is 0 Å². The quantitative estimate of drug-likeness (QED) is 0.877. The molecule has 18 heavy (non-hydrogen) atoms. The molecule has 0 fully saturated rings. The molecule has 3 nitrogen and oxygen atoms in total. The minimum Gasteiger partial charge on any atom is -0.493 e. The van der Waals surface area contributed by atoms with Gasteiger partial charge in [0.1, 0.15) is 5.75 Å². The number of pyridine rings is 1. The van der Waals surface area contributed by atoms with Crippen molar-refractivity contribution in [1.82, 2.24) is 4.98 Å². The minimum atomic E-state index is -0.0143. The fraction of sp³-hybridized carbons (Fsp3) is 0.267. The summed E-state index contributed by atoms with van der Waals surface area (Å²) in [5, 5.41) is 0. The van der Waals surface area contributed by atoms with Crippen molar-refractivity contribution in [2.45, 2.75) is 19.4 Å². The van der Waals surface area contributed by atoms with Gasteiger partial charge in [-0.3, -0.25) is 4.98 Å².